The second kappa shape index (κ2) is 8.15. The van der Waals surface area contributed by atoms with E-state index >= 15 is 0 Å². The topological polar surface area (TPSA) is 89.0 Å². The van der Waals surface area contributed by atoms with Gasteiger partial charge in [0.05, 0.1) is 12.7 Å². The molecule has 2 N–H and O–H groups in total. The Morgan fingerprint density at radius 2 is 2.12 bits per heavy atom. The normalized spacial score (nSPS) is 10.4. The number of hydrogen-bond acceptors (Lipinski definition) is 8. The first-order valence-electron chi connectivity index (χ1n) is 7.65. The lowest BCUT2D eigenvalue weighted by Gasteiger charge is -2.11. The van der Waals surface area contributed by atoms with Crippen molar-refractivity contribution in [1.82, 2.24) is 15.2 Å². The molecule has 7 nitrogen and oxygen atoms in total. The molecule has 1 aromatic carbocycles. The van der Waals surface area contributed by atoms with E-state index in [1.807, 2.05) is 43.5 Å². The smallest absolute Gasteiger partial charge is 0.295 e. The fourth-order valence-corrected chi connectivity index (χ4v) is 3.27. The summed E-state index contributed by atoms with van der Waals surface area (Å²) in [5, 5.41) is 11.2. The zero-order valence-corrected chi connectivity index (χ0v) is 16.1. The number of ether oxygens (including phenoxy) is 1. The molecule has 0 aliphatic rings. The molecule has 0 atom stereocenters. The van der Waals surface area contributed by atoms with Gasteiger partial charge >= 0.3 is 0 Å². The van der Waals surface area contributed by atoms with Crippen molar-refractivity contribution in [3.8, 4) is 16.3 Å². The highest BCUT2D eigenvalue weighted by Crippen LogP contribution is 2.29. The Labute approximate surface area is 159 Å². The number of hydrogen-bond donors (Lipinski definition) is 2. The quantitative estimate of drug-likeness (QED) is 0.621. The number of aryl methyl sites for hydroxylation is 1. The van der Waals surface area contributed by atoms with Crippen LogP contribution in [0.5, 0.6) is 5.19 Å². The van der Waals surface area contributed by atoms with Crippen LogP contribution in [0, 0.1) is 6.92 Å². The van der Waals surface area contributed by atoms with Crippen LogP contribution in [0.4, 0.5) is 10.8 Å². The third kappa shape index (κ3) is 4.12. The highest BCUT2D eigenvalue weighted by molar-refractivity contribution is 7.99. The van der Waals surface area contributed by atoms with Gasteiger partial charge in [-0.1, -0.05) is 29.2 Å². The molecule has 1 amide bonds. The van der Waals surface area contributed by atoms with E-state index in [0.29, 0.717) is 15.9 Å². The molecule has 0 unspecified atom stereocenters. The van der Waals surface area contributed by atoms with Crippen LogP contribution in [0.25, 0.3) is 11.1 Å². The molecule has 0 saturated carbocycles. The molecule has 26 heavy (non-hydrogen) atoms. The van der Waals surface area contributed by atoms with Gasteiger partial charge in [0.2, 0.25) is 5.13 Å². The van der Waals surface area contributed by atoms with Crippen molar-refractivity contribution >= 4 is 40.0 Å². The number of carbonyl (C=O) groups is 1. The van der Waals surface area contributed by atoms with Crippen LogP contribution in [-0.4, -0.2) is 34.5 Å². The van der Waals surface area contributed by atoms with Gasteiger partial charge in [0, 0.05) is 23.8 Å². The van der Waals surface area contributed by atoms with E-state index < -0.39 is 0 Å². The number of aromatic nitrogens is 3. The Balaban J connectivity index is 1.95. The van der Waals surface area contributed by atoms with E-state index in [9.17, 15) is 4.79 Å². The highest BCUT2D eigenvalue weighted by Gasteiger charge is 2.16. The summed E-state index contributed by atoms with van der Waals surface area (Å²) < 4.78 is 8.20. The maximum atomic E-state index is 12.8. The van der Waals surface area contributed by atoms with Crippen molar-refractivity contribution in [2.75, 3.05) is 23.4 Å². The molecule has 0 fully saturated rings. The van der Waals surface area contributed by atoms with Crippen LogP contribution >= 0.6 is 23.3 Å². The van der Waals surface area contributed by atoms with E-state index in [-0.39, 0.29) is 5.91 Å². The number of anilines is 2. The lowest BCUT2D eigenvalue weighted by atomic mass is 10.00. The summed E-state index contributed by atoms with van der Waals surface area (Å²) in [4.78, 5) is 17.0. The van der Waals surface area contributed by atoms with Gasteiger partial charge in [0.25, 0.3) is 11.1 Å². The third-order valence-corrected chi connectivity index (χ3v) is 4.72. The Morgan fingerprint density at radius 3 is 2.85 bits per heavy atom. The van der Waals surface area contributed by atoms with Crippen LogP contribution in [0.3, 0.4) is 0 Å². The maximum absolute atomic E-state index is 12.8. The Morgan fingerprint density at radius 1 is 1.27 bits per heavy atom. The number of methoxy groups -OCH3 is 1. The first kappa shape index (κ1) is 18.2. The van der Waals surface area contributed by atoms with Crippen molar-refractivity contribution in [3.05, 3.63) is 47.8 Å². The molecule has 2 aromatic heterocycles. The molecule has 3 rings (SSSR count). The second-order valence-corrected chi connectivity index (χ2v) is 6.84. The van der Waals surface area contributed by atoms with Gasteiger partial charge in [0.1, 0.15) is 0 Å². The monoisotopic (exact) mass is 387 g/mol. The number of pyridine rings is 1. The molecular weight excluding hydrogens is 370 g/mol. The molecule has 0 radical (unpaired) electrons. The van der Waals surface area contributed by atoms with Crippen molar-refractivity contribution in [1.29, 1.82) is 0 Å². The van der Waals surface area contributed by atoms with Crippen LogP contribution < -0.4 is 14.8 Å². The van der Waals surface area contributed by atoms with E-state index in [0.717, 1.165) is 33.8 Å². The van der Waals surface area contributed by atoms with Gasteiger partial charge in [-0.05, 0) is 47.6 Å². The minimum atomic E-state index is -0.297. The number of amides is 1. The van der Waals surface area contributed by atoms with Crippen LogP contribution in [0.1, 0.15) is 16.1 Å². The number of benzene rings is 1. The molecule has 3 aromatic rings. The largest absolute Gasteiger partial charge is 0.472 e. The summed E-state index contributed by atoms with van der Waals surface area (Å²) in [7, 11) is 1.50. The molecule has 0 bridgehead atoms. The first-order chi connectivity index (χ1) is 12.6. The highest BCUT2D eigenvalue weighted by atomic mass is 32.2. The molecule has 0 saturated heterocycles. The number of nitrogens with zero attached hydrogens (tertiary/aromatic N) is 3. The SMILES string of the molecule is COc1nnc(NC(=O)c2cnc(C)cc2-c2cccc(NSC)c2)s1. The molecule has 0 aliphatic carbocycles. The predicted molar refractivity (Wildman–Crippen MR) is 106 cm³/mol. The van der Waals surface area contributed by atoms with Gasteiger partial charge in [-0.25, -0.2) is 0 Å². The van der Waals surface area contributed by atoms with E-state index in [4.69, 9.17) is 4.74 Å². The summed E-state index contributed by atoms with van der Waals surface area (Å²) in [6, 6.07) is 9.77. The van der Waals surface area contributed by atoms with Crippen LogP contribution in [0.15, 0.2) is 36.5 Å². The summed E-state index contributed by atoms with van der Waals surface area (Å²) in [6.07, 6.45) is 3.53. The molecule has 0 spiro atoms. The molecule has 9 heteroatoms. The molecule has 0 aliphatic heterocycles. The van der Waals surface area contributed by atoms with Crippen LogP contribution in [-0.2, 0) is 0 Å². The van der Waals surface area contributed by atoms with Crippen molar-refractivity contribution < 1.29 is 9.53 Å². The predicted octanol–water partition coefficient (Wildman–Crippen LogP) is 3.86. The summed E-state index contributed by atoms with van der Waals surface area (Å²) in [6.45, 7) is 1.89. The van der Waals surface area contributed by atoms with Gasteiger partial charge in [0.15, 0.2) is 0 Å². The summed E-state index contributed by atoms with van der Waals surface area (Å²) in [5.74, 6) is -0.297. The van der Waals surface area contributed by atoms with Gasteiger partial charge in [-0.15, -0.1) is 5.10 Å². The van der Waals surface area contributed by atoms with E-state index in [2.05, 4.69) is 25.2 Å². The van der Waals surface area contributed by atoms with Gasteiger partial charge < -0.3 is 9.46 Å². The van der Waals surface area contributed by atoms with Crippen molar-refractivity contribution in [3.63, 3.8) is 0 Å². The van der Waals surface area contributed by atoms with Crippen LogP contribution in [0.2, 0.25) is 0 Å². The average Bonchev–Trinajstić information content (AvgIpc) is 3.09. The minimum Gasteiger partial charge on any atom is -0.472 e. The number of rotatable bonds is 6. The third-order valence-electron chi connectivity index (χ3n) is 3.48. The first-order valence-corrected chi connectivity index (χ1v) is 9.69. The van der Waals surface area contributed by atoms with E-state index in [1.165, 1.54) is 19.1 Å². The zero-order chi connectivity index (χ0) is 18.5. The second-order valence-electron chi connectivity index (χ2n) is 5.29. The summed E-state index contributed by atoms with van der Waals surface area (Å²) in [5.41, 5.74) is 3.99. The fourth-order valence-electron chi connectivity index (χ4n) is 2.35. The average molecular weight is 387 g/mol. The Bertz CT molecular complexity index is 929. The fraction of sp³-hybridized carbons (Fsp3) is 0.176. The number of nitrogens with one attached hydrogen (secondary N) is 2. The Hall–Kier alpha value is -2.65. The van der Waals surface area contributed by atoms with E-state index in [1.54, 1.807) is 6.20 Å². The molecule has 2 heterocycles. The standard InChI is InChI=1S/C17H17N5O2S2/c1-10-7-13(11-5-4-6-12(8-11)22-25-3)14(9-18-10)15(23)19-16-20-21-17(24-2)26-16/h4-9,22H,1-3H3,(H,19,20,23). The van der Waals surface area contributed by atoms with Gasteiger partial charge in [-0.3, -0.25) is 15.1 Å². The Kier molecular flexibility index (Phi) is 5.69. The summed E-state index contributed by atoms with van der Waals surface area (Å²) >= 11 is 2.67. The number of carbonyl (C=O) groups excluding carboxylic acids is 1. The zero-order valence-electron chi connectivity index (χ0n) is 14.4. The molecule has 134 valence electrons. The maximum Gasteiger partial charge on any atom is 0.295 e. The van der Waals surface area contributed by atoms with Crippen molar-refractivity contribution in [2.45, 2.75) is 6.92 Å². The lowest BCUT2D eigenvalue weighted by Crippen LogP contribution is -2.13. The lowest BCUT2D eigenvalue weighted by molar-refractivity contribution is 0.102. The minimum absolute atomic E-state index is 0.297. The van der Waals surface area contributed by atoms with Gasteiger partial charge in [-0.2, -0.15) is 0 Å². The molecular formula is C17H17N5O2S2. The van der Waals surface area contributed by atoms with Crippen molar-refractivity contribution in [2.24, 2.45) is 0 Å².